The fourth-order valence-electron chi connectivity index (χ4n) is 4.53. The van der Waals surface area contributed by atoms with Gasteiger partial charge in [-0.05, 0) is 49.1 Å². The first-order valence-corrected chi connectivity index (χ1v) is 12.6. The molecule has 0 aliphatic heterocycles. The van der Waals surface area contributed by atoms with Gasteiger partial charge in [0.25, 0.3) is 0 Å². The smallest absolute Gasteiger partial charge is 0.239 e. The van der Waals surface area contributed by atoms with E-state index in [-0.39, 0.29) is 27.9 Å². The van der Waals surface area contributed by atoms with Gasteiger partial charge in [0.15, 0.2) is 17.3 Å². The highest BCUT2D eigenvalue weighted by Gasteiger charge is 2.26. The van der Waals surface area contributed by atoms with Gasteiger partial charge >= 0.3 is 0 Å². The maximum atomic E-state index is 14.1. The summed E-state index contributed by atoms with van der Waals surface area (Å²) in [5.41, 5.74) is 3.69. The predicted octanol–water partition coefficient (Wildman–Crippen LogP) is 6.65. The van der Waals surface area contributed by atoms with Crippen LogP contribution < -0.4 is 33.8 Å². The van der Waals surface area contributed by atoms with E-state index in [9.17, 15) is 4.79 Å². The molecule has 0 spiro atoms. The van der Waals surface area contributed by atoms with E-state index in [1.54, 1.807) is 24.3 Å². The molecule has 0 N–H and O–H groups in total. The van der Waals surface area contributed by atoms with Gasteiger partial charge in [-0.1, -0.05) is 25.1 Å². The van der Waals surface area contributed by atoms with E-state index in [2.05, 4.69) is 26.0 Å². The quantitative estimate of drug-likeness (QED) is 0.224. The first-order valence-electron chi connectivity index (χ1n) is 12.6. The molecule has 8 heteroatoms. The summed E-state index contributed by atoms with van der Waals surface area (Å²) in [5, 5.41) is 0.249. The van der Waals surface area contributed by atoms with Crippen LogP contribution in [0.2, 0.25) is 0 Å². The summed E-state index contributed by atoms with van der Waals surface area (Å²) >= 11 is 0. The average Bonchev–Trinajstić information content (AvgIpc) is 2.96. The fourth-order valence-corrected chi connectivity index (χ4v) is 4.53. The van der Waals surface area contributed by atoms with Crippen molar-refractivity contribution in [2.45, 2.75) is 33.3 Å². The molecule has 0 saturated heterocycles. The molecule has 1 atom stereocenters. The number of aryl methyl sites for hydroxylation is 2. The van der Waals surface area contributed by atoms with Crippen LogP contribution in [0, 0.1) is 13.8 Å². The van der Waals surface area contributed by atoms with Gasteiger partial charge in [-0.3, -0.25) is 4.79 Å². The van der Waals surface area contributed by atoms with Crippen LogP contribution in [0.25, 0.3) is 22.3 Å². The number of benzene rings is 3. The second-order valence-corrected chi connectivity index (χ2v) is 9.06. The SMILES string of the molecule is CCC(Oc1c(-c2cc(OC)c(OC)c(OC)c2)oc2cc(OC)cc(OC)c2c1=O)c1ccc(C)c(C)c1. The Bertz CT molecular complexity index is 1530. The van der Waals surface area contributed by atoms with Crippen molar-refractivity contribution in [3.8, 4) is 45.8 Å². The van der Waals surface area contributed by atoms with Crippen LogP contribution in [-0.4, -0.2) is 35.5 Å². The molecule has 0 fully saturated rings. The third-order valence-corrected chi connectivity index (χ3v) is 6.81. The van der Waals surface area contributed by atoms with Gasteiger partial charge in [-0.25, -0.2) is 0 Å². The Morgan fingerprint density at radius 2 is 1.41 bits per heavy atom. The van der Waals surface area contributed by atoms with Crippen molar-refractivity contribution in [3.05, 3.63) is 69.4 Å². The number of methoxy groups -OCH3 is 5. The highest BCUT2D eigenvalue weighted by molar-refractivity contribution is 5.89. The van der Waals surface area contributed by atoms with Crippen molar-refractivity contribution in [1.29, 1.82) is 0 Å². The first kappa shape index (κ1) is 27.7. The number of rotatable bonds is 10. The van der Waals surface area contributed by atoms with Gasteiger partial charge in [0, 0.05) is 17.7 Å². The topological polar surface area (TPSA) is 85.6 Å². The summed E-state index contributed by atoms with van der Waals surface area (Å²) in [5.74, 6) is 2.29. The molecule has 4 rings (SSSR count). The molecular formula is C31H34O8. The highest BCUT2D eigenvalue weighted by atomic mass is 16.5. The van der Waals surface area contributed by atoms with Crippen LogP contribution in [0.4, 0.5) is 0 Å². The second-order valence-electron chi connectivity index (χ2n) is 9.06. The largest absolute Gasteiger partial charge is 0.496 e. The van der Waals surface area contributed by atoms with Gasteiger partial charge in [0.1, 0.15) is 28.6 Å². The molecule has 1 heterocycles. The molecule has 206 valence electrons. The van der Waals surface area contributed by atoms with E-state index >= 15 is 0 Å². The molecule has 0 amide bonds. The van der Waals surface area contributed by atoms with Crippen molar-refractivity contribution >= 4 is 11.0 Å². The van der Waals surface area contributed by atoms with E-state index in [0.29, 0.717) is 40.7 Å². The van der Waals surface area contributed by atoms with Gasteiger partial charge in [-0.2, -0.15) is 0 Å². The molecule has 0 bridgehead atoms. The maximum absolute atomic E-state index is 14.1. The average molecular weight is 535 g/mol. The van der Waals surface area contributed by atoms with Crippen molar-refractivity contribution in [3.63, 3.8) is 0 Å². The lowest BCUT2D eigenvalue weighted by Gasteiger charge is -2.21. The Morgan fingerprint density at radius 3 is 1.95 bits per heavy atom. The van der Waals surface area contributed by atoms with Crippen molar-refractivity contribution in [2.75, 3.05) is 35.5 Å². The third kappa shape index (κ3) is 5.19. The summed E-state index contributed by atoms with van der Waals surface area (Å²) in [6, 6.07) is 12.9. The lowest BCUT2D eigenvalue weighted by Crippen LogP contribution is -2.15. The van der Waals surface area contributed by atoms with E-state index in [1.165, 1.54) is 41.1 Å². The first-order chi connectivity index (χ1) is 18.8. The zero-order valence-corrected chi connectivity index (χ0v) is 23.6. The van der Waals surface area contributed by atoms with E-state index < -0.39 is 6.10 Å². The highest BCUT2D eigenvalue weighted by Crippen LogP contribution is 2.45. The molecule has 0 saturated carbocycles. The Hall–Kier alpha value is -4.33. The monoisotopic (exact) mass is 534 g/mol. The van der Waals surface area contributed by atoms with Crippen LogP contribution in [0.3, 0.4) is 0 Å². The Morgan fingerprint density at radius 1 is 0.744 bits per heavy atom. The summed E-state index contributed by atoms with van der Waals surface area (Å²) in [6.45, 7) is 6.12. The van der Waals surface area contributed by atoms with Crippen molar-refractivity contribution in [2.24, 2.45) is 0 Å². The van der Waals surface area contributed by atoms with Crippen LogP contribution >= 0.6 is 0 Å². The van der Waals surface area contributed by atoms with E-state index in [4.69, 9.17) is 32.8 Å². The Labute approximate surface area is 228 Å². The number of ether oxygens (including phenoxy) is 6. The minimum absolute atomic E-state index is 0.0466. The molecule has 3 aromatic carbocycles. The van der Waals surface area contributed by atoms with Crippen molar-refractivity contribution < 1.29 is 32.8 Å². The van der Waals surface area contributed by atoms with Crippen LogP contribution in [0.1, 0.15) is 36.1 Å². The summed E-state index contributed by atoms with van der Waals surface area (Å²) in [6.07, 6.45) is 0.212. The lowest BCUT2D eigenvalue weighted by molar-refractivity contribution is 0.196. The van der Waals surface area contributed by atoms with Gasteiger partial charge in [0.2, 0.25) is 16.9 Å². The molecule has 0 aliphatic rings. The van der Waals surface area contributed by atoms with Crippen LogP contribution in [0.15, 0.2) is 51.7 Å². The van der Waals surface area contributed by atoms with Crippen molar-refractivity contribution in [1.82, 2.24) is 0 Å². The lowest BCUT2D eigenvalue weighted by atomic mass is 10.0. The Balaban J connectivity index is 2.04. The molecule has 8 nitrogen and oxygen atoms in total. The minimum atomic E-state index is -0.408. The molecule has 39 heavy (non-hydrogen) atoms. The molecule has 4 aromatic rings. The number of hydrogen-bond acceptors (Lipinski definition) is 8. The van der Waals surface area contributed by atoms with Gasteiger partial charge in [0.05, 0.1) is 35.5 Å². The van der Waals surface area contributed by atoms with Gasteiger partial charge < -0.3 is 32.8 Å². The zero-order valence-electron chi connectivity index (χ0n) is 23.6. The minimum Gasteiger partial charge on any atom is -0.496 e. The fraction of sp³-hybridized carbons (Fsp3) is 0.323. The maximum Gasteiger partial charge on any atom is 0.239 e. The molecular weight excluding hydrogens is 500 g/mol. The van der Waals surface area contributed by atoms with E-state index in [0.717, 1.165) is 11.1 Å². The molecule has 0 radical (unpaired) electrons. The molecule has 1 unspecified atom stereocenters. The number of hydrogen-bond donors (Lipinski definition) is 0. The molecule has 1 aromatic heterocycles. The zero-order chi connectivity index (χ0) is 28.3. The third-order valence-electron chi connectivity index (χ3n) is 6.81. The molecule has 0 aliphatic carbocycles. The van der Waals surface area contributed by atoms with Crippen LogP contribution in [-0.2, 0) is 0 Å². The second kappa shape index (κ2) is 11.6. The predicted molar refractivity (Wildman–Crippen MR) is 150 cm³/mol. The van der Waals surface area contributed by atoms with E-state index in [1.807, 2.05) is 13.0 Å². The standard InChI is InChI=1S/C31H34O8/c1-9-22(19-11-10-17(2)18(3)12-19)38-31-28(32)27-23(34-5)15-21(33-4)16-24(27)39-29(31)20-13-25(35-6)30(37-8)26(14-20)36-7/h10-16,22H,9H2,1-8H3. The normalized spacial score (nSPS) is 11.7. The summed E-state index contributed by atoms with van der Waals surface area (Å²) in [7, 11) is 7.60. The summed E-state index contributed by atoms with van der Waals surface area (Å²) in [4.78, 5) is 14.1. The van der Waals surface area contributed by atoms with Gasteiger partial charge in [-0.15, -0.1) is 0 Å². The van der Waals surface area contributed by atoms with Crippen LogP contribution in [0.5, 0.6) is 34.5 Å². The Kier molecular flexibility index (Phi) is 8.24. The summed E-state index contributed by atoms with van der Waals surface area (Å²) < 4.78 is 40.5. The number of fused-ring (bicyclic) bond motifs is 1.